The summed E-state index contributed by atoms with van der Waals surface area (Å²) in [5.74, 6) is 0.0142. The standard InChI is InChI=1S/C21H25NO5/c1-5-25-18-12-9-16(13-19(18)26-6-2)21(24)27-15(4)20(23)22-17-10-7-14(3)8-11-17/h7-13,15H,5-6H2,1-4H3,(H,22,23)/t15-/m0/s1. The number of benzene rings is 2. The van der Waals surface area contributed by atoms with Gasteiger partial charge in [-0.05, 0) is 58.0 Å². The summed E-state index contributed by atoms with van der Waals surface area (Å²) in [4.78, 5) is 24.6. The number of rotatable bonds is 8. The molecule has 0 fully saturated rings. The van der Waals surface area contributed by atoms with Crippen molar-refractivity contribution in [1.82, 2.24) is 0 Å². The number of hydrogen-bond donors (Lipinski definition) is 1. The van der Waals surface area contributed by atoms with Crippen molar-refractivity contribution < 1.29 is 23.8 Å². The molecule has 144 valence electrons. The van der Waals surface area contributed by atoms with E-state index in [9.17, 15) is 9.59 Å². The van der Waals surface area contributed by atoms with Gasteiger partial charge in [0.25, 0.3) is 5.91 Å². The van der Waals surface area contributed by atoms with E-state index in [1.54, 1.807) is 30.3 Å². The predicted molar refractivity (Wildman–Crippen MR) is 103 cm³/mol. The summed E-state index contributed by atoms with van der Waals surface area (Å²) in [6.45, 7) is 8.13. The van der Waals surface area contributed by atoms with Crippen LogP contribution in [0.1, 0.15) is 36.7 Å². The quantitative estimate of drug-likeness (QED) is 0.711. The summed E-state index contributed by atoms with van der Waals surface area (Å²) in [5, 5.41) is 2.72. The first-order valence-electron chi connectivity index (χ1n) is 8.92. The molecule has 0 aliphatic heterocycles. The van der Waals surface area contributed by atoms with Gasteiger partial charge in [0.2, 0.25) is 0 Å². The van der Waals surface area contributed by atoms with Crippen LogP contribution in [0.15, 0.2) is 42.5 Å². The lowest BCUT2D eigenvalue weighted by molar-refractivity contribution is -0.123. The Labute approximate surface area is 159 Å². The van der Waals surface area contributed by atoms with E-state index in [0.29, 0.717) is 30.4 Å². The molecular weight excluding hydrogens is 346 g/mol. The molecule has 2 aromatic rings. The Morgan fingerprint density at radius 3 is 2.22 bits per heavy atom. The third-order valence-corrected chi connectivity index (χ3v) is 3.75. The molecule has 6 heteroatoms. The van der Waals surface area contributed by atoms with Crippen LogP contribution in [0.25, 0.3) is 0 Å². The Bertz CT molecular complexity index is 786. The van der Waals surface area contributed by atoms with Crippen LogP contribution in [0.2, 0.25) is 0 Å². The molecule has 0 radical (unpaired) electrons. The van der Waals surface area contributed by atoms with Crippen LogP contribution in [0.3, 0.4) is 0 Å². The lowest BCUT2D eigenvalue weighted by Gasteiger charge is -2.15. The van der Waals surface area contributed by atoms with E-state index in [4.69, 9.17) is 14.2 Å². The van der Waals surface area contributed by atoms with E-state index >= 15 is 0 Å². The van der Waals surface area contributed by atoms with Gasteiger partial charge in [-0.15, -0.1) is 0 Å². The van der Waals surface area contributed by atoms with E-state index in [2.05, 4.69) is 5.32 Å². The third kappa shape index (κ3) is 5.74. The maximum atomic E-state index is 12.4. The molecule has 0 aromatic heterocycles. The second-order valence-electron chi connectivity index (χ2n) is 5.93. The van der Waals surface area contributed by atoms with Crippen molar-refractivity contribution in [2.24, 2.45) is 0 Å². The molecule has 1 N–H and O–H groups in total. The van der Waals surface area contributed by atoms with Gasteiger partial charge in [0.15, 0.2) is 17.6 Å². The number of carbonyl (C=O) groups excluding carboxylic acids is 2. The molecule has 0 unspecified atom stereocenters. The highest BCUT2D eigenvalue weighted by Gasteiger charge is 2.20. The van der Waals surface area contributed by atoms with Crippen LogP contribution in [0.4, 0.5) is 5.69 Å². The van der Waals surface area contributed by atoms with E-state index in [0.717, 1.165) is 5.56 Å². The second kappa shape index (κ2) is 9.62. The Morgan fingerprint density at radius 1 is 0.963 bits per heavy atom. The SMILES string of the molecule is CCOc1ccc(C(=O)O[C@@H](C)C(=O)Nc2ccc(C)cc2)cc1OCC. The fourth-order valence-electron chi connectivity index (χ4n) is 2.34. The summed E-state index contributed by atoms with van der Waals surface area (Å²) in [7, 11) is 0. The molecule has 0 aliphatic rings. The number of ether oxygens (including phenoxy) is 3. The van der Waals surface area contributed by atoms with Crippen molar-refractivity contribution in [1.29, 1.82) is 0 Å². The highest BCUT2D eigenvalue weighted by Crippen LogP contribution is 2.29. The summed E-state index contributed by atoms with van der Waals surface area (Å²) in [5.41, 5.74) is 2.03. The number of anilines is 1. The fourth-order valence-corrected chi connectivity index (χ4v) is 2.34. The van der Waals surface area contributed by atoms with Crippen LogP contribution >= 0.6 is 0 Å². The molecule has 1 atom stereocenters. The Morgan fingerprint density at radius 2 is 1.59 bits per heavy atom. The summed E-state index contributed by atoms with van der Waals surface area (Å²) >= 11 is 0. The smallest absolute Gasteiger partial charge is 0.339 e. The Hall–Kier alpha value is -3.02. The van der Waals surface area contributed by atoms with Crippen molar-refractivity contribution in [2.75, 3.05) is 18.5 Å². The van der Waals surface area contributed by atoms with Crippen molar-refractivity contribution in [3.05, 3.63) is 53.6 Å². The van der Waals surface area contributed by atoms with Gasteiger partial charge in [-0.1, -0.05) is 17.7 Å². The lowest BCUT2D eigenvalue weighted by Crippen LogP contribution is -2.30. The van der Waals surface area contributed by atoms with Gasteiger partial charge in [0.05, 0.1) is 18.8 Å². The minimum atomic E-state index is -0.944. The van der Waals surface area contributed by atoms with Gasteiger partial charge in [-0.2, -0.15) is 0 Å². The number of amides is 1. The van der Waals surface area contributed by atoms with Gasteiger partial charge in [-0.3, -0.25) is 4.79 Å². The van der Waals surface area contributed by atoms with Gasteiger partial charge >= 0.3 is 5.97 Å². The van der Waals surface area contributed by atoms with Crippen LogP contribution in [0.5, 0.6) is 11.5 Å². The van der Waals surface area contributed by atoms with Crippen LogP contribution in [-0.4, -0.2) is 31.2 Å². The molecule has 0 heterocycles. The van der Waals surface area contributed by atoms with Crippen molar-refractivity contribution >= 4 is 17.6 Å². The van der Waals surface area contributed by atoms with Crippen molar-refractivity contribution in [2.45, 2.75) is 33.8 Å². The van der Waals surface area contributed by atoms with E-state index in [1.807, 2.05) is 32.9 Å². The number of hydrogen-bond acceptors (Lipinski definition) is 5. The minimum Gasteiger partial charge on any atom is -0.490 e. The molecule has 0 saturated heterocycles. The maximum Gasteiger partial charge on any atom is 0.339 e. The van der Waals surface area contributed by atoms with Gasteiger partial charge < -0.3 is 19.5 Å². The number of aryl methyl sites for hydroxylation is 1. The van der Waals surface area contributed by atoms with Crippen LogP contribution in [-0.2, 0) is 9.53 Å². The zero-order valence-electron chi connectivity index (χ0n) is 16.1. The first kappa shape index (κ1) is 20.3. The minimum absolute atomic E-state index is 0.289. The Balaban J connectivity index is 2.03. The number of carbonyl (C=O) groups is 2. The van der Waals surface area contributed by atoms with Gasteiger partial charge in [-0.25, -0.2) is 4.79 Å². The van der Waals surface area contributed by atoms with Gasteiger partial charge in [0.1, 0.15) is 0 Å². The van der Waals surface area contributed by atoms with E-state index in [-0.39, 0.29) is 5.56 Å². The largest absolute Gasteiger partial charge is 0.490 e. The molecule has 27 heavy (non-hydrogen) atoms. The third-order valence-electron chi connectivity index (χ3n) is 3.75. The molecule has 0 spiro atoms. The monoisotopic (exact) mass is 371 g/mol. The zero-order chi connectivity index (χ0) is 19.8. The Kier molecular flexibility index (Phi) is 7.23. The van der Waals surface area contributed by atoms with Crippen molar-refractivity contribution in [3.8, 4) is 11.5 Å². The average molecular weight is 371 g/mol. The highest BCUT2D eigenvalue weighted by atomic mass is 16.5. The first-order chi connectivity index (χ1) is 12.9. The number of esters is 1. The van der Waals surface area contributed by atoms with Crippen molar-refractivity contribution in [3.63, 3.8) is 0 Å². The van der Waals surface area contributed by atoms with Gasteiger partial charge in [0, 0.05) is 5.69 Å². The molecule has 2 aromatic carbocycles. The molecule has 1 amide bonds. The maximum absolute atomic E-state index is 12.4. The molecule has 2 rings (SSSR count). The highest BCUT2D eigenvalue weighted by molar-refractivity contribution is 5.97. The second-order valence-corrected chi connectivity index (χ2v) is 5.93. The van der Waals surface area contributed by atoms with E-state index < -0.39 is 18.0 Å². The molecule has 0 bridgehead atoms. The van der Waals surface area contributed by atoms with Crippen LogP contribution < -0.4 is 14.8 Å². The molecule has 6 nitrogen and oxygen atoms in total. The average Bonchev–Trinajstić information content (AvgIpc) is 2.65. The summed E-state index contributed by atoms with van der Waals surface area (Å²) in [6.07, 6.45) is -0.944. The van der Waals surface area contributed by atoms with Crippen LogP contribution in [0, 0.1) is 6.92 Å². The topological polar surface area (TPSA) is 73.9 Å². The summed E-state index contributed by atoms with van der Waals surface area (Å²) in [6, 6.07) is 12.2. The summed E-state index contributed by atoms with van der Waals surface area (Å²) < 4.78 is 16.3. The first-order valence-corrected chi connectivity index (χ1v) is 8.92. The normalized spacial score (nSPS) is 11.4. The fraction of sp³-hybridized carbons (Fsp3) is 0.333. The molecular formula is C21H25NO5. The van der Waals surface area contributed by atoms with E-state index in [1.165, 1.54) is 6.92 Å². The predicted octanol–water partition coefficient (Wildman–Crippen LogP) is 3.98. The lowest BCUT2D eigenvalue weighted by atomic mass is 10.2. The molecule has 0 aliphatic carbocycles. The molecule has 0 saturated carbocycles. The number of nitrogens with one attached hydrogen (secondary N) is 1. The zero-order valence-corrected chi connectivity index (χ0v) is 16.1.